The second-order valence-electron chi connectivity index (χ2n) is 5.95. The van der Waals surface area contributed by atoms with Crippen molar-refractivity contribution in [2.75, 3.05) is 19.0 Å². The smallest absolute Gasteiger partial charge is 0.287 e. The molecule has 0 spiro atoms. The van der Waals surface area contributed by atoms with Crippen LogP contribution >= 0.6 is 11.6 Å². The molecule has 1 heterocycles. The van der Waals surface area contributed by atoms with Crippen LogP contribution in [-0.2, 0) is 11.4 Å². The van der Waals surface area contributed by atoms with E-state index in [1.807, 2.05) is 30.3 Å². The number of nitrogens with one attached hydrogen (secondary N) is 2. The number of methoxy groups -OCH3 is 1. The Kier molecular flexibility index (Phi) is 6.76. The fourth-order valence-corrected chi connectivity index (χ4v) is 2.70. The van der Waals surface area contributed by atoms with Crippen LogP contribution in [0.2, 0.25) is 5.02 Å². The number of carbonyl (C=O) groups excluding carboxylic acids is 2. The Morgan fingerprint density at radius 3 is 2.59 bits per heavy atom. The number of hydrogen-bond donors (Lipinski definition) is 2. The summed E-state index contributed by atoms with van der Waals surface area (Å²) in [4.78, 5) is 24.2. The van der Waals surface area contributed by atoms with Crippen molar-refractivity contribution in [3.05, 3.63) is 77.2 Å². The van der Waals surface area contributed by atoms with Crippen LogP contribution in [0.1, 0.15) is 16.3 Å². The lowest BCUT2D eigenvalue weighted by atomic mass is 10.3. The highest BCUT2D eigenvalue weighted by molar-refractivity contribution is 6.32. The minimum absolute atomic E-state index is 0.0944. The Bertz CT molecular complexity index is 988. The summed E-state index contributed by atoms with van der Waals surface area (Å²) < 4.78 is 16.1. The molecule has 0 aliphatic carbocycles. The summed E-state index contributed by atoms with van der Waals surface area (Å²) in [7, 11) is 1.50. The van der Waals surface area contributed by atoms with Gasteiger partial charge in [-0.3, -0.25) is 9.59 Å². The molecule has 0 aliphatic rings. The number of furan rings is 1. The largest absolute Gasteiger partial charge is 0.495 e. The van der Waals surface area contributed by atoms with E-state index in [4.69, 9.17) is 25.5 Å². The molecule has 1 aromatic heterocycles. The van der Waals surface area contributed by atoms with Gasteiger partial charge >= 0.3 is 0 Å². The minimum Gasteiger partial charge on any atom is -0.495 e. The molecule has 0 saturated carbocycles. The summed E-state index contributed by atoms with van der Waals surface area (Å²) in [6.45, 7) is -0.0327. The van der Waals surface area contributed by atoms with Gasteiger partial charge in [-0.05, 0) is 42.5 Å². The zero-order valence-corrected chi connectivity index (χ0v) is 16.4. The third-order valence-corrected chi connectivity index (χ3v) is 4.15. The van der Waals surface area contributed by atoms with Gasteiger partial charge in [0.15, 0.2) is 5.76 Å². The molecule has 2 N–H and O–H groups in total. The average Bonchev–Trinajstić information content (AvgIpc) is 3.21. The number of anilines is 1. The fourth-order valence-electron chi connectivity index (χ4n) is 2.45. The van der Waals surface area contributed by atoms with Gasteiger partial charge in [0.2, 0.25) is 5.91 Å². The summed E-state index contributed by atoms with van der Waals surface area (Å²) >= 11 is 6.02. The lowest BCUT2D eigenvalue weighted by Gasteiger charge is -2.08. The number of amides is 2. The van der Waals surface area contributed by atoms with Crippen molar-refractivity contribution in [3.63, 3.8) is 0 Å². The van der Waals surface area contributed by atoms with E-state index in [0.29, 0.717) is 28.0 Å². The van der Waals surface area contributed by atoms with Crippen molar-refractivity contribution in [2.45, 2.75) is 6.61 Å². The first kappa shape index (κ1) is 20.3. The molecule has 29 heavy (non-hydrogen) atoms. The molecule has 0 fully saturated rings. The summed E-state index contributed by atoms with van der Waals surface area (Å²) in [6.07, 6.45) is 0. The Morgan fingerprint density at radius 1 is 1.07 bits per heavy atom. The molecule has 3 aromatic rings. The van der Waals surface area contributed by atoms with Gasteiger partial charge in [-0.25, -0.2) is 0 Å². The van der Waals surface area contributed by atoms with Crippen LogP contribution in [0.5, 0.6) is 11.5 Å². The van der Waals surface area contributed by atoms with E-state index in [-0.39, 0.29) is 18.9 Å². The molecular formula is C21H19ClN2O5. The molecular weight excluding hydrogens is 396 g/mol. The second kappa shape index (κ2) is 9.66. The van der Waals surface area contributed by atoms with Crippen LogP contribution < -0.4 is 20.1 Å². The zero-order chi connectivity index (χ0) is 20.6. The first-order valence-electron chi connectivity index (χ1n) is 8.73. The van der Waals surface area contributed by atoms with Crippen molar-refractivity contribution >= 4 is 29.1 Å². The number of hydrogen-bond acceptors (Lipinski definition) is 5. The molecule has 7 nitrogen and oxygen atoms in total. The Hall–Kier alpha value is -3.45. The third-order valence-electron chi connectivity index (χ3n) is 3.85. The van der Waals surface area contributed by atoms with Crippen LogP contribution in [0.25, 0.3) is 0 Å². The Morgan fingerprint density at radius 2 is 1.86 bits per heavy atom. The molecule has 0 unspecified atom stereocenters. The molecule has 3 rings (SSSR count). The second-order valence-corrected chi connectivity index (χ2v) is 6.36. The highest BCUT2D eigenvalue weighted by atomic mass is 35.5. The molecule has 0 atom stereocenters. The van der Waals surface area contributed by atoms with Crippen molar-refractivity contribution in [1.29, 1.82) is 0 Å². The van der Waals surface area contributed by atoms with Gasteiger partial charge in [-0.1, -0.05) is 29.8 Å². The maximum absolute atomic E-state index is 12.2. The van der Waals surface area contributed by atoms with E-state index in [0.717, 1.165) is 0 Å². The summed E-state index contributed by atoms with van der Waals surface area (Å²) in [5, 5.41) is 5.51. The van der Waals surface area contributed by atoms with Gasteiger partial charge in [0.05, 0.1) is 18.7 Å². The standard InChI is InChI=1S/C21H19ClN2O5/c1-27-18-9-7-14(11-17(18)22)24-20(25)12-23-21(26)19-10-8-16(29-19)13-28-15-5-3-2-4-6-15/h2-11H,12-13H2,1H3,(H,23,26)(H,24,25). The predicted octanol–water partition coefficient (Wildman–Crippen LogP) is 3.89. The molecule has 8 heteroatoms. The topological polar surface area (TPSA) is 89.8 Å². The number of carbonyl (C=O) groups is 2. The number of halogens is 1. The predicted molar refractivity (Wildman–Crippen MR) is 108 cm³/mol. The zero-order valence-electron chi connectivity index (χ0n) is 15.6. The average molecular weight is 415 g/mol. The van der Waals surface area contributed by atoms with E-state index in [2.05, 4.69) is 10.6 Å². The van der Waals surface area contributed by atoms with Crippen molar-refractivity contribution < 1.29 is 23.5 Å². The Labute approximate surface area is 172 Å². The third kappa shape index (κ3) is 5.76. The number of benzene rings is 2. The van der Waals surface area contributed by atoms with Crippen LogP contribution in [0, 0.1) is 0 Å². The molecule has 0 saturated heterocycles. The lowest BCUT2D eigenvalue weighted by Crippen LogP contribution is -2.32. The highest BCUT2D eigenvalue weighted by Crippen LogP contribution is 2.27. The number of para-hydroxylation sites is 1. The van der Waals surface area contributed by atoms with Gasteiger partial charge in [0.1, 0.15) is 23.9 Å². The number of rotatable bonds is 8. The van der Waals surface area contributed by atoms with Gasteiger partial charge in [0.25, 0.3) is 5.91 Å². The molecule has 0 radical (unpaired) electrons. The van der Waals surface area contributed by atoms with Gasteiger partial charge < -0.3 is 24.5 Å². The number of ether oxygens (including phenoxy) is 2. The van der Waals surface area contributed by atoms with E-state index in [1.54, 1.807) is 24.3 Å². The fraction of sp³-hybridized carbons (Fsp3) is 0.143. The molecule has 150 valence electrons. The molecule has 2 aromatic carbocycles. The van der Waals surface area contributed by atoms with Gasteiger partial charge in [-0.2, -0.15) is 0 Å². The van der Waals surface area contributed by atoms with Crippen LogP contribution in [0.4, 0.5) is 5.69 Å². The Balaban J connectivity index is 1.47. The van der Waals surface area contributed by atoms with Crippen LogP contribution in [-0.4, -0.2) is 25.5 Å². The van der Waals surface area contributed by atoms with E-state index in [9.17, 15) is 9.59 Å². The summed E-state index contributed by atoms with van der Waals surface area (Å²) in [5.41, 5.74) is 0.494. The van der Waals surface area contributed by atoms with Gasteiger partial charge in [-0.15, -0.1) is 0 Å². The van der Waals surface area contributed by atoms with Crippen LogP contribution in [0.15, 0.2) is 65.1 Å². The lowest BCUT2D eigenvalue weighted by molar-refractivity contribution is -0.115. The molecule has 0 bridgehead atoms. The van der Waals surface area contributed by atoms with E-state index in [1.165, 1.54) is 13.2 Å². The van der Waals surface area contributed by atoms with E-state index >= 15 is 0 Å². The SMILES string of the molecule is COc1ccc(NC(=O)CNC(=O)c2ccc(COc3ccccc3)o2)cc1Cl. The maximum atomic E-state index is 12.2. The molecule has 0 aliphatic heterocycles. The normalized spacial score (nSPS) is 10.3. The quantitative estimate of drug-likeness (QED) is 0.583. The summed E-state index contributed by atoms with van der Waals surface area (Å²) in [6, 6.07) is 17.3. The highest BCUT2D eigenvalue weighted by Gasteiger charge is 2.13. The first-order valence-corrected chi connectivity index (χ1v) is 9.11. The van der Waals surface area contributed by atoms with Crippen molar-refractivity contribution in [3.8, 4) is 11.5 Å². The van der Waals surface area contributed by atoms with Gasteiger partial charge in [0, 0.05) is 5.69 Å². The van der Waals surface area contributed by atoms with E-state index < -0.39 is 11.8 Å². The minimum atomic E-state index is -0.501. The van der Waals surface area contributed by atoms with Crippen molar-refractivity contribution in [1.82, 2.24) is 5.32 Å². The summed E-state index contributed by atoms with van der Waals surface area (Å²) in [5.74, 6) is 0.888. The monoisotopic (exact) mass is 414 g/mol. The first-order chi connectivity index (χ1) is 14.0. The maximum Gasteiger partial charge on any atom is 0.287 e. The van der Waals surface area contributed by atoms with Crippen molar-refractivity contribution in [2.24, 2.45) is 0 Å². The van der Waals surface area contributed by atoms with Crippen LogP contribution in [0.3, 0.4) is 0 Å². The molecule has 2 amide bonds.